The lowest BCUT2D eigenvalue weighted by molar-refractivity contribution is -0.133. The van der Waals surface area contributed by atoms with Gasteiger partial charge in [-0.05, 0) is 12.8 Å². The van der Waals surface area contributed by atoms with Crippen molar-refractivity contribution in [1.29, 1.82) is 0 Å². The molecule has 0 aliphatic carbocycles. The van der Waals surface area contributed by atoms with Gasteiger partial charge in [0.05, 0.1) is 5.41 Å². The maximum Gasteiger partial charge on any atom is 0.328 e. The predicted octanol–water partition coefficient (Wildman–Crippen LogP) is 1.49. The first-order valence-corrected chi connectivity index (χ1v) is 4.84. The molecule has 1 rings (SSSR count). The van der Waals surface area contributed by atoms with Crippen LogP contribution in [0.3, 0.4) is 0 Å². The molecule has 0 aromatic rings. The van der Waals surface area contributed by atoms with Gasteiger partial charge in [-0.2, -0.15) is 0 Å². The Hall–Kier alpha value is -1.32. The van der Waals surface area contributed by atoms with E-state index in [1.165, 1.54) is 11.1 Å². The molecule has 4 heteroatoms. The van der Waals surface area contributed by atoms with Crippen LogP contribution in [0.4, 0.5) is 4.79 Å². The van der Waals surface area contributed by atoms with Gasteiger partial charge >= 0.3 is 6.03 Å². The van der Waals surface area contributed by atoms with Crippen LogP contribution in [0.2, 0.25) is 0 Å². The first-order chi connectivity index (χ1) is 6.59. The van der Waals surface area contributed by atoms with Gasteiger partial charge in [0.15, 0.2) is 0 Å². The summed E-state index contributed by atoms with van der Waals surface area (Å²) in [5.41, 5.74) is -0.442. The number of rotatable bonds is 3. The third-order valence-corrected chi connectivity index (χ3v) is 3.01. The van der Waals surface area contributed by atoms with Crippen LogP contribution in [0.1, 0.15) is 26.7 Å². The van der Waals surface area contributed by atoms with Gasteiger partial charge in [-0.1, -0.05) is 20.4 Å². The van der Waals surface area contributed by atoms with E-state index >= 15 is 0 Å². The molecule has 14 heavy (non-hydrogen) atoms. The number of carbonyl (C=O) groups is 2. The molecule has 3 amide bonds. The zero-order chi connectivity index (χ0) is 10.8. The van der Waals surface area contributed by atoms with Gasteiger partial charge in [-0.3, -0.25) is 10.1 Å². The highest BCUT2D eigenvalue weighted by Gasteiger charge is 2.42. The van der Waals surface area contributed by atoms with E-state index in [0.717, 1.165) is 12.8 Å². The number of nitrogens with zero attached hydrogens (tertiary/aromatic N) is 1. The highest BCUT2D eigenvalue weighted by atomic mass is 16.2. The average Bonchev–Trinajstić information content (AvgIpc) is 2.19. The summed E-state index contributed by atoms with van der Waals surface area (Å²) in [6.07, 6.45) is 2.92. The van der Waals surface area contributed by atoms with Gasteiger partial charge in [-0.15, -0.1) is 0 Å². The van der Waals surface area contributed by atoms with Gasteiger partial charge in [0, 0.05) is 12.7 Å². The Kier molecular flexibility index (Phi) is 2.93. The second kappa shape index (κ2) is 3.82. The van der Waals surface area contributed by atoms with Crippen LogP contribution in [0.15, 0.2) is 12.8 Å². The fraction of sp³-hybridized carbons (Fsp3) is 0.600. The number of hydrogen-bond donors (Lipinski definition) is 1. The summed E-state index contributed by atoms with van der Waals surface area (Å²) >= 11 is 0. The van der Waals surface area contributed by atoms with E-state index in [-0.39, 0.29) is 11.9 Å². The first-order valence-electron chi connectivity index (χ1n) is 4.84. The van der Waals surface area contributed by atoms with Crippen molar-refractivity contribution in [3.63, 3.8) is 0 Å². The van der Waals surface area contributed by atoms with Gasteiger partial charge in [-0.25, -0.2) is 4.79 Å². The molecule has 1 aliphatic rings. The Bertz CT molecular complexity index is 269. The highest BCUT2D eigenvalue weighted by Crippen LogP contribution is 2.30. The fourth-order valence-corrected chi connectivity index (χ4v) is 1.71. The van der Waals surface area contributed by atoms with E-state index in [1.54, 1.807) is 0 Å². The number of urea groups is 1. The second-order valence-electron chi connectivity index (χ2n) is 3.56. The molecule has 0 atom stereocenters. The molecule has 0 aromatic carbocycles. The van der Waals surface area contributed by atoms with E-state index in [0.29, 0.717) is 6.54 Å². The minimum atomic E-state index is -0.442. The monoisotopic (exact) mass is 196 g/mol. The molecule has 1 aliphatic heterocycles. The topological polar surface area (TPSA) is 49.4 Å². The zero-order valence-corrected chi connectivity index (χ0v) is 8.67. The minimum absolute atomic E-state index is 0.161. The van der Waals surface area contributed by atoms with Crippen LogP contribution in [0.5, 0.6) is 0 Å². The number of hydrogen-bond acceptors (Lipinski definition) is 2. The summed E-state index contributed by atoms with van der Waals surface area (Å²) in [5, 5.41) is 2.35. The summed E-state index contributed by atoms with van der Waals surface area (Å²) in [5.74, 6) is -0.161. The predicted molar refractivity (Wildman–Crippen MR) is 53.5 cm³/mol. The van der Waals surface area contributed by atoms with Crippen LogP contribution in [0, 0.1) is 5.41 Å². The highest BCUT2D eigenvalue weighted by molar-refractivity contribution is 6.00. The van der Waals surface area contributed by atoms with Crippen LogP contribution in [0.25, 0.3) is 0 Å². The third-order valence-electron chi connectivity index (χ3n) is 3.01. The summed E-state index contributed by atoms with van der Waals surface area (Å²) in [6, 6.07) is -0.373. The zero-order valence-electron chi connectivity index (χ0n) is 8.67. The van der Waals surface area contributed by atoms with E-state index in [4.69, 9.17) is 0 Å². The van der Waals surface area contributed by atoms with Crippen molar-refractivity contribution in [2.45, 2.75) is 26.7 Å². The molecule has 0 aromatic heterocycles. The minimum Gasteiger partial charge on any atom is -0.300 e. The van der Waals surface area contributed by atoms with Crippen LogP contribution in [-0.2, 0) is 4.79 Å². The van der Waals surface area contributed by atoms with E-state index in [2.05, 4.69) is 11.9 Å². The van der Waals surface area contributed by atoms with Gasteiger partial charge in [0.1, 0.15) is 0 Å². The SMILES string of the molecule is C=CN1CC(CC)(CC)C(=O)NC1=O. The van der Waals surface area contributed by atoms with Crippen LogP contribution < -0.4 is 5.32 Å². The van der Waals surface area contributed by atoms with Crippen molar-refractivity contribution in [2.24, 2.45) is 5.41 Å². The molecule has 0 spiro atoms. The third kappa shape index (κ3) is 1.52. The van der Waals surface area contributed by atoms with Gasteiger partial charge < -0.3 is 4.90 Å². The molecular formula is C10H16N2O2. The molecule has 0 bridgehead atoms. The summed E-state index contributed by atoms with van der Waals surface area (Å²) in [6.45, 7) is 7.90. The Labute approximate surface area is 84.0 Å². The Morgan fingerprint density at radius 1 is 1.50 bits per heavy atom. The first kappa shape index (κ1) is 10.8. The van der Waals surface area contributed by atoms with E-state index in [1.807, 2.05) is 13.8 Å². The Morgan fingerprint density at radius 3 is 2.50 bits per heavy atom. The number of imide groups is 1. The van der Waals surface area contributed by atoms with E-state index < -0.39 is 5.41 Å². The Morgan fingerprint density at radius 2 is 2.07 bits per heavy atom. The standard InChI is InChI=1S/C10H16N2O2/c1-4-10(5-2)7-12(6-3)9(14)11-8(10)13/h6H,3-5,7H2,1-2H3,(H,11,13,14). The average molecular weight is 196 g/mol. The largest absolute Gasteiger partial charge is 0.328 e. The molecular weight excluding hydrogens is 180 g/mol. The summed E-state index contributed by atoms with van der Waals surface area (Å²) < 4.78 is 0. The van der Waals surface area contributed by atoms with Gasteiger partial charge in [0.25, 0.3) is 0 Å². The number of amides is 3. The van der Waals surface area contributed by atoms with Crippen molar-refractivity contribution in [3.8, 4) is 0 Å². The molecule has 1 fully saturated rings. The maximum absolute atomic E-state index is 11.7. The molecule has 0 unspecified atom stereocenters. The smallest absolute Gasteiger partial charge is 0.300 e. The summed E-state index contributed by atoms with van der Waals surface area (Å²) in [7, 11) is 0. The molecule has 1 saturated heterocycles. The molecule has 1 heterocycles. The normalized spacial score (nSPS) is 20.6. The van der Waals surface area contributed by atoms with Crippen molar-refractivity contribution in [3.05, 3.63) is 12.8 Å². The van der Waals surface area contributed by atoms with Crippen LogP contribution in [-0.4, -0.2) is 23.4 Å². The summed E-state index contributed by atoms with van der Waals surface area (Å²) in [4.78, 5) is 24.4. The molecule has 0 saturated carbocycles. The fourth-order valence-electron chi connectivity index (χ4n) is 1.71. The molecule has 0 radical (unpaired) electrons. The molecule has 4 nitrogen and oxygen atoms in total. The van der Waals surface area contributed by atoms with E-state index in [9.17, 15) is 9.59 Å². The van der Waals surface area contributed by atoms with Crippen molar-refractivity contribution >= 4 is 11.9 Å². The Balaban J connectivity index is 2.93. The molecule has 1 N–H and O–H groups in total. The lowest BCUT2D eigenvalue weighted by Crippen LogP contribution is -2.58. The second-order valence-corrected chi connectivity index (χ2v) is 3.56. The van der Waals surface area contributed by atoms with Gasteiger partial charge in [0.2, 0.25) is 5.91 Å². The maximum atomic E-state index is 11.7. The van der Waals surface area contributed by atoms with Crippen molar-refractivity contribution < 1.29 is 9.59 Å². The van der Waals surface area contributed by atoms with Crippen LogP contribution >= 0.6 is 0 Å². The number of nitrogens with one attached hydrogen (secondary N) is 1. The van der Waals surface area contributed by atoms with Crippen molar-refractivity contribution in [2.75, 3.05) is 6.54 Å². The molecule has 78 valence electrons. The quantitative estimate of drug-likeness (QED) is 0.743. The number of carbonyl (C=O) groups excluding carboxylic acids is 2. The van der Waals surface area contributed by atoms with Crippen molar-refractivity contribution in [1.82, 2.24) is 10.2 Å². The lowest BCUT2D eigenvalue weighted by atomic mass is 9.80. The lowest BCUT2D eigenvalue weighted by Gasteiger charge is -2.38.